The second-order valence-corrected chi connectivity index (χ2v) is 15.2. The van der Waals surface area contributed by atoms with E-state index in [9.17, 15) is 40.0 Å². The van der Waals surface area contributed by atoms with E-state index in [0.717, 1.165) is 32.6 Å². The molecule has 1 unspecified atom stereocenters. The Bertz CT molecular complexity index is 980. The number of carbonyl (C=O) groups excluding carboxylic acids is 1. The molecule has 302 valence electrons. The van der Waals surface area contributed by atoms with Crippen molar-refractivity contribution in [2.24, 2.45) is 5.73 Å². The summed E-state index contributed by atoms with van der Waals surface area (Å²) in [6.07, 6.45) is 2.25. The molecule has 1 aliphatic heterocycles. The first-order valence-electron chi connectivity index (χ1n) is 18.7. The number of carbonyl (C=O) groups is 1. The number of unbranched alkanes of at least 4 members (excludes halogenated alkanes) is 15. The van der Waals surface area contributed by atoms with Crippen molar-refractivity contribution in [3.63, 3.8) is 0 Å². The summed E-state index contributed by atoms with van der Waals surface area (Å²) in [7, 11) is -3.48. The zero-order valence-corrected chi connectivity index (χ0v) is 31.6. The van der Waals surface area contributed by atoms with Crippen molar-refractivity contribution in [1.82, 2.24) is 0 Å². The highest BCUT2D eigenvalue weighted by atomic mass is 31.2. The Kier molecular flexibility index (Phi) is 23.0. The van der Waals surface area contributed by atoms with Gasteiger partial charge in [-0.3, -0.25) is 13.8 Å². The maximum absolute atomic E-state index is 13.9. The van der Waals surface area contributed by atoms with Crippen molar-refractivity contribution in [3.8, 4) is 0 Å². The number of ether oxygens (including phenoxy) is 4. The monoisotopic (exact) mass is 759 g/mol. The Balaban J connectivity index is 1.94. The van der Waals surface area contributed by atoms with Gasteiger partial charge in [-0.1, -0.05) is 103 Å². The summed E-state index contributed by atoms with van der Waals surface area (Å²) in [6, 6.07) is -1.40. The van der Waals surface area contributed by atoms with Crippen LogP contribution in [0.25, 0.3) is 0 Å². The Morgan fingerprint density at radius 2 is 1.22 bits per heavy atom. The van der Waals surface area contributed by atoms with E-state index in [1.807, 2.05) is 0 Å². The minimum absolute atomic E-state index is 0.0711. The van der Waals surface area contributed by atoms with Crippen LogP contribution >= 0.6 is 7.82 Å². The van der Waals surface area contributed by atoms with Gasteiger partial charge in [-0.25, -0.2) is 9.09 Å². The van der Waals surface area contributed by atoms with Crippen LogP contribution < -0.4 is 5.73 Å². The second-order valence-electron chi connectivity index (χ2n) is 13.6. The minimum atomic E-state index is -4.65. The molecule has 17 heteroatoms. The Hall–Kier alpha value is -0.820. The lowest BCUT2D eigenvalue weighted by Crippen LogP contribution is -2.68. The van der Waals surface area contributed by atoms with E-state index in [-0.39, 0.29) is 6.61 Å². The number of hydrogen-bond donors (Lipinski definition) is 7. The number of phosphoric ester groups is 1. The SMILES string of the molecule is CCCCCCCCCCCCCCCCCCOP(=O)(OCOC(C)=O)O[C@@H]1[C@H](OC)[C@H](O)[C@@H](O)[C@H](O)[C@H]1O[C@H]1O[C@H](CO)[C@@H](O)[C@H](O)[C@H]1N. The molecule has 1 saturated heterocycles. The van der Waals surface area contributed by atoms with Crippen molar-refractivity contribution >= 4 is 13.8 Å². The van der Waals surface area contributed by atoms with Gasteiger partial charge in [-0.15, -0.1) is 0 Å². The van der Waals surface area contributed by atoms with Crippen molar-refractivity contribution in [2.75, 3.05) is 27.1 Å². The number of aliphatic hydroxyl groups excluding tert-OH is 6. The number of rotatable bonds is 27. The molecule has 1 saturated carbocycles. The summed E-state index contributed by atoms with van der Waals surface area (Å²) in [5.41, 5.74) is 6.01. The maximum atomic E-state index is 13.9. The van der Waals surface area contributed by atoms with Gasteiger partial charge in [-0.05, 0) is 6.42 Å². The van der Waals surface area contributed by atoms with E-state index in [1.165, 1.54) is 77.7 Å². The van der Waals surface area contributed by atoms with E-state index < -0.39 is 94.5 Å². The number of methoxy groups -OCH3 is 1. The first kappa shape index (κ1) is 46.3. The lowest BCUT2D eigenvalue weighted by Gasteiger charge is -2.48. The van der Waals surface area contributed by atoms with Gasteiger partial charge >= 0.3 is 13.8 Å². The third-order valence-corrected chi connectivity index (χ3v) is 10.9. The van der Waals surface area contributed by atoms with Crippen LogP contribution in [-0.4, -0.2) is 131 Å². The molecule has 8 N–H and O–H groups in total. The summed E-state index contributed by atoms with van der Waals surface area (Å²) in [5.74, 6) is -0.732. The summed E-state index contributed by atoms with van der Waals surface area (Å²) < 4.78 is 51.9. The summed E-state index contributed by atoms with van der Waals surface area (Å²) >= 11 is 0. The molecule has 2 aliphatic rings. The molecule has 2 fully saturated rings. The predicted octanol–water partition coefficient (Wildman–Crippen LogP) is 2.56. The lowest BCUT2D eigenvalue weighted by atomic mass is 9.84. The zero-order valence-electron chi connectivity index (χ0n) is 30.7. The summed E-state index contributed by atoms with van der Waals surface area (Å²) in [6.45, 7) is 1.75. The van der Waals surface area contributed by atoms with Gasteiger partial charge in [0.25, 0.3) is 0 Å². The van der Waals surface area contributed by atoms with Gasteiger partial charge in [-0.2, -0.15) is 0 Å². The molecule has 2 rings (SSSR count). The quantitative estimate of drug-likeness (QED) is 0.0275. The van der Waals surface area contributed by atoms with E-state index in [0.29, 0.717) is 6.42 Å². The molecule has 1 heterocycles. The predicted molar refractivity (Wildman–Crippen MR) is 185 cm³/mol. The third-order valence-electron chi connectivity index (χ3n) is 9.48. The molecule has 0 aromatic carbocycles. The normalized spacial score (nSPS) is 32.5. The summed E-state index contributed by atoms with van der Waals surface area (Å²) in [4.78, 5) is 11.4. The minimum Gasteiger partial charge on any atom is -0.438 e. The lowest BCUT2D eigenvalue weighted by molar-refractivity contribution is -0.316. The van der Waals surface area contributed by atoms with Gasteiger partial charge in [0.2, 0.25) is 6.79 Å². The molecular formula is C34H66NO15P. The van der Waals surface area contributed by atoms with Crippen LogP contribution in [0.1, 0.15) is 117 Å². The van der Waals surface area contributed by atoms with Crippen molar-refractivity contribution in [3.05, 3.63) is 0 Å². The Labute approximate surface area is 302 Å². The second kappa shape index (κ2) is 25.3. The molecule has 0 aromatic heterocycles. The van der Waals surface area contributed by atoms with Crippen LogP contribution in [0.5, 0.6) is 0 Å². The van der Waals surface area contributed by atoms with E-state index >= 15 is 0 Å². The fourth-order valence-corrected chi connectivity index (χ4v) is 7.61. The molecule has 0 aromatic rings. The molecule has 0 radical (unpaired) electrons. The fraction of sp³-hybridized carbons (Fsp3) is 0.971. The molecule has 0 spiro atoms. The highest BCUT2D eigenvalue weighted by Gasteiger charge is 2.56. The van der Waals surface area contributed by atoms with Gasteiger partial charge in [0.05, 0.1) is 19.3 Å². The number of nitrogens with two attached hydrogens (primary N) is 1. The van der Waals surface area contributed by atoms with Crippen LogP contribution in [0.15, 0.2) is 0 Å². The average Bonchev–Trinajstić information content (AvgIpc) is 3.10. The number of phosphoric acid groups is 1. The van der Waals surface area contributed by atoms with E-state index in [2.05, 4.69) is 6.92 Å². The molecule has 0 amide bonds. The van der Waals surface area contributed by atoms with Crippen LogP contribution in [0.3, 0.4) is 0 Å². The largest absolute Gasteiger partial charge is 0.478 e. The highest BCUT2D eigenvalue weighted by molar-refractivity contribution is 7.48. The molecule has 16 nitrogen and oxygen atoms in total. The highest BCUT2D eigenvalue weighted by Crippen LogP contribution is 2.53. The number of esters is 1. The van der Waals surface area contributed by atoms with Crippen LogP contribution in [-0.2, 0) is 41.9 Å². The Morgan fingerprint density at radius 3 is 1.71 bits per heavy atom. The fourth-order valence-electron chi connectivity index (χ4n) is 6.35. The smallest absolute Gasteiger partial charge is 0.438 e. The van der Waals surface area contributed by atoms with Gasteiger partial charge < -0.3 is 55.3 Å². The maximum Gasteiger partial charge on any atom is 0.478 e. The van der Waals surface area contributed by atoms with Gasteiger partial charge in [0, 0.05) is 14.0 Å². The van der Waals surface area contributed by atoms with Gasteiger partial charge in [0.15, 0.2) is 6.29 Å². The van der Waals surface area contributed by atoms with Gasteiger partial charge in [0.1, 0.15) is 54.9 Å². The Morgan fingerprint density at radius 1 is 0.706 bits per heavy atom. The van der Waals surface area contributed by atoms with Crippen LogP contribution in [0, 0.1) is 0 Å². The zero-order chi connectivity index (χ0) is 37.8. The number of aliphatic hydroxyl groups is 6. The van der Waals surface area contributed by atoms with Crippen molar-refractivity contribution in [1.29, 1.82) is 0 Å². The summed E-state index contributed by atoms with van der Waals surface area (Å²) in [5, 5.41) is 62.4. The number of hydrogen-bond acceptors (Lipinski definition) is 16. The molecule has 0 bridgehead atoms. The first-order chi connectivity index (χ1) is 24.4. The van der Waals surface area contributed by atoms with E-state index in [4.69, 9.17) is 38.3 Å². The van der Waals surface area contributed by atoms with Crippen LogP contribution in [0.2, 0.25) is 0 Å². The molecule has 12 atom stereocenters. The van der Waals surface area contributed by atoms with Crippen molar-refractivity contribution in [2.45, 2.75) is 184 Å². The van der Waals surface area contributed by atoms with Crippen LogP contribution in [0.4, 0.5) is 0 Å². The van der Waals surface area contributed by atoms with Crippen molar-refractivity contribution < 1.29 is 72.5 Å². The standard InChI is InChI=1S/C34H66NO15P/c1-4-5-6-7-8-9-10-11-12-13-14-15-16-17-18-19-20-46-51(43,47-22-45-23(2)37)50-33-31(44-3)29(41)28(40)30(42)32(33)49-34-25(35)27(39)26(38)24(21-36)48-34/h24-34,36,38-42H,4-22,35H2,1-3H3/t24-,25-,26-,27-,28-,29-,30+,31-,32-,33-,34-,51?/m1/s1. The molecular weight excluding hydrogens is 693 g/mol. The van der Waals surface area contributed by atoms with E-state index in [1.54, 1.807) is 0 Å². The average molecular weight is 760 g/mol. The molecule has 51 heavy (non-hydrogen) atoms. The topological polar surface area (TPSA) is 246 Å². The first-order valence-corrected chi connectivity index (χ1v) is 20.2. The molecule has 1 aliphatic carbocycles. The third kappa shape index (κ3) is 15.8.